The number of H-pyrrole nitrogens is 1. The fourth-order valence-electron chi connectivity index (χ4n) is 1.01. The van der Waals surface area contributed by atoms with Crippen LogP contribution in [0, 0.1) is 0 Å². The Labute approximate surface area is 72.0 Å². The Balaban J connectivity index is 2.96. The molecule has 0 aliphatic rings. The molecule has 0 atom stereocenters. The maximum atomic E-state index is 5.47. The highest BCUT2D eigenvalue weighted by atomic mass is 15.2. The Morgan fingerprint density at radius 3 is 2.75 bits per heavy atom. The zero-order valence-corrected chi connectivity index (χ0v) is 7.33. The van der Waals surface area contributed by atoms with Crippen LogP contribution in [0.5, 0.6) is 0 Å². The molecule has 0 unspecified atom stereocenters. The number of hydrogen-bond donors (Lipinski definition) is 2. The summed E-state index contributed by atoms with van der Waals surface area (Å²) in [5.74, 6) is 0.522. The topological polar surface area (TPSA) is 54.7 Å². The van der Waals surface area contributed by atoms with E-state index in [1.807, 2.05) is 38.1 Å². The third-order valence-corrected chi connectivity index (χ3v) is 1.57. The number of aromatic nitrogens is 2. The maximum absolute atomic E-state index is 5.47. The average Bonchev–Trinajstić information content (AvgIpc) is 2.47. The Kier molecular flexibility index (Phi) is 2.69. The molecule has 0 saturated carbocycles. The van der Waals surface area contributed by atoms with Crippen molar-refractivity contribution in [3.05, 3.63) is 30.0 Å². The van der Waals surface area contributed by atoms with Gasteiger partial charge in [0.1, 0.15) is 5.82 Å². The lowest BCUT2D eigenvalue weighted by Crippen LogP contribution is -1.81. The SMILES string of the molecule is C/C=C\C(=C/C)c1cc(N)n[nH]1. The van der Waals surface area contributed by atoms with Crippen molar-refractivity contribution in [3.8, 4) is 0 Å². The molecule has 0 amide bonds. The van der Waals surface area contributed by atoms with Crippen molar-refractivity contribution >= 4 is 11.4 Å². The van der Waals surface area contributed by atoms with Gasteiger partial charge >= 0.3 is 0 Å². The quantitative estimate of drug-likeness (QED) is 0.655. The van der Waals surface area contributed by atoms with Gasteiger partial charge in [0.05, 0.1) is 5.69 Å². The molecule has 0 aromatic carbocycles. The zero-order valence-electron chi connectivity index (χ0n) is 7.33. The number of nitrogens with zero attached hydrogens (tertiary/aromatic N) is 1. The van der Waals surface area contributed by atoms with Crippen molar-refractivity contribution in [2.75, 3.05) is 5.73 Å². The van der Waals surface area contributed by atoms with E-state index in [4.69, 9.17) is 5.73 Å². The van der Waals surface area contributed by atoms with Gasteiger partial charge < -0.3 is 5.73 Å². The lowest BCUT2D eigenvalue weighted by molar-refractivity contribution is 1.08. The molecular formula is C9H13N3. The van der Waals surface area contributed by atoms with Gasteiger partial charge in [-0.1, -0.05) is 18.2 Å². The second kappa shape index (κ2) is 3.76. The summed E-state index contributed by atoms with van der Waals surface area (Å²) in [6.45, 7) is 3.95. The van der Waals surface area contributed by atoms with E-state index in [-0.39, 0.29) is 0 Å². The van der Waals surface area contributed by atoms with Crippen LogP contribution in [0.25, 0.3) is 5.57 Å². The summed E-state index contributed by atoms with van der Waals surface area (Å²) in [6, 6.07) is 1.81. The summed E-state index contributed by atoms with van der Waals surface area (Å²) >= 11 is 0. The van der Waals surface area contributed by atoms with Gasteiger partial charge in [-0.15, -0.1) is 0 Å². The van der Waals surface area contributed by atoms with E-state index in [1.54, 1.807) is 0 Å². The minimum Gasteiger partial charge on any atom is -0.382 e. The summed E-state index contributed by atoms with van der Waals surface area (Å²) < 4.78 is 0. The molecule has 0 aliphatic heterocycles. The average molecular weight is 163 g/mol. The lowest BCUT2D eigenvalue weighted by Gasteiger charge is -1.94. The smallest absolute Gasteiger partial charge is 0.145 e. The van der Waals surface area contributed by atoms with Gasteiger partial charge in [-0.25, -0.2) is 0 Å². The fraction of sp³-hybridized carbons (Fsp3) is 0.222. The number of hydrogen-bond acceptors (Lipinski definition) is 2. The van der Waals surface area contributed by atoms with Gasteiger partial charge in [0, 0.05) is 6.07 Å². The predicted molar refractivity (Wildman–Crippen MR) is 51.5 cm³/mol. The van der Waals surface area contributed by atoms with Gasteiger partial charge in [-0.05, 0) is 19.4 Å². The van der Waals surface area contributed by atoms with Crippen LogP contribution in [0.2, 0.25) is 0 Å². The van der Waals surface area contributed by atoms with Crippen LogP contribution in [0.3, 0.4) is 0 Å². The molecule has 3 nitrogen and oxygen atoms in total. The van der Waals surface area contributed by atoms with E-state index >= 15 is 0 Å². The molecule has 1 aromatic rings. The molecule has 3 heteroatoms. The molecule has 0 bridgehead atoms. The number of rotatable bonds is 2. The minimum atomic E-state index is 0.522. The Bertz CT molecular complexity index is 307. The predicted octanol–water partition coefficient (Wildman–Crippen LogP) is 1.97. The van der Waals surface area contributed by atoms with Crippen LogP contribution in [0.4, 0.5) is 5.82 Å². The Morgan fingerprint density at radius 1 is 1.58 bits per heavy atom. The summed E-state index contributed by atoms with van der Waals surface area (Å²) in [5, 5.41) is 6.69. The fourth-order valence-corrected chi connectivity index (χ4v) is 1.01. The minimum absolute atomic E-state index is 0.522. The van der Waals surface area contributed by atoms with Crippen molar-refractivity contribution in [2.24, 2.45) is 0 Å². The van der Waals surface area contributed by atoms with Crippen LogP contribution in [-0.4, -0.2) is 10.2 Å². The number of nitrogen functional groups attached to an aromatic ring is 1. The molecule has 0 saturated heterocycles. The summed E-state index contributed by atoms with van der Waals surface area (Å²) in [4.78, 5) is 0. The van der Waals surface area contributed by atoms with Crippen molar-refractivity contribution in [3.63, 3.8) is 0 Å². The Hall–Kier alpha value is -1.51. The van der Waals surface area contributed by atoms with Crippen molar-refractivity contribution < 1.29 is 0 Å². The number of nitrogens with two attached hydrogens (primary N) is 1. The molecular weight excluding hydrogens is 150 g/mol. The largest absolute Gasteiger partial charge is 0.382 e. The highest BCUT2D eigenvalue weighted by Gasteiger charge is 1.99. The molecule has 3 N–H and O–H groups in total. The molecule has 1 rings (SSSR count). The van der Waals surface area contributed by atoms with E-state index < -0.39 is 0 Å². The third kappa shape index (κ3) is 1.75. The van der Waals surface area contributed by atoms with Gasteiger partial charge in [0.2, 0.25) is 0 Å². The second-order valence-corrected chi connectivity index (χ2v) is 2.45. The first-order valence-corrected chi connectivity index (χ1v) is 3.88. The van der Waals surface area contributed by atoms with E-state index in [0.29, 0.717) is 5.82 Å². The Morgan fingerprint density at radius 2 is 2.33 bits per heavy atom. The number of allylic oxidation sites excluding steroid dienone is 4. The summed E-state index contributed by atoms with van der Waals surface area (Å²) in [7, 11) is 0. The van der Waals surface area contributed by atoms with E-state index in [9.17, 15) is 0 Å². The van der Waals surface area contributed by atoms with Gasteiger partial charge in [-0.3, -0.25) is 5.10 Å². The molecule has 0 fully saturated rings. The molecule has 1 aromatic heterocycles. The number of aromatic amines is 1. The van der Waals surface area contributed by atoms with Crippen molar-refractivity contribution in [1.29, 1.82) is 0 Å². The van der Waals surface area contributed by atoms with Gasteiger partial charge in [0.15, 0.2) is 0 Å². The number of nitrogens with one attached hydrogen (secondary N) is 1. The molecule has 0 radical (unpaired) electrons. The summed E-state index contributed by atoms with van der Waals surface area (Å²) in [6.07, 6.45) is 5.99. The van der Waals surface area contributed by atoms with Gasteiger partial charge in [-0.2, -0.15) is 5.10 Å². The molecule has 64 valence electrons. The standard InChI is InChI=1S/C9H13N3/c1-3-5-7(4-2)8-6-9(10)12-11-8/h3-6H,1-2H3,(H3,10,11,12)/b5-3-,7-4+. The van der Waals surface area contributed by atoms with Crippen LogP contribution >= 0.6 is 0 Å². The molecule has 1 heterocycles. The highest BCUT2D eigenvalue weighted by Crippen LogP contribution is 2.14. The van der Waals surface area contributed by atoms with Crippen molar-refractivity contribution in [1.82, 2.24) is 10.2 Å². The first-order valence-electron chi connectivity index (χ1n) is 3.88. The number of anilines is 1. The first-order chi connectivity index (χ1) is 5.77. The van der Waals surface area contributed by atoms with Crippen LogP contribution < -0.4 is 5.73 Å². The second-order valence-electron chi connectivity index (χ2n) is 2.45. The monoisotopic (exact) mass is 163 g/mol. The van der Waals surface area contributed by atoms with Crippen LogP contribution in [-0.2, 0) is 0 Å². The molecule has 0 aliphatic carbocycles. The van der Waals surface area contributed by atoms with Crippen LogP contribution in [0.15, 0.2) is 24.3 Å². The van der Waals surface area contributed by atoms with Crippen molar-refractivity contribution in [2.45, 2.75) is 13.8 Å². The zero-order chi connectivity index (χ0) is 8.97. The third-order valence-electron chi connectivity index (χ3n) is 1.57. The normalized spacial score (nSPS) is 12.7. The van der Waals surface area contributed by atoms with E-state index in [1.165, 1.54) is 0 Å². The molecule has 12 heavy (non-hydrogen) atoms. The highest BCUT2D eigenvalue weighted by molar-refractivity contribution is 5.72. The van der Waals surface area contributed by atoms with E-state index in [2.05, 4.69) is 10.2 Å². The van der Waals surface area contributed by atoms with E-state index in [0.717, 1.165) is 11.3 Å². The first kappa shape index (κ1) is 8.59. The molecule has 0 spiro atoms. The van der Waals surface area contributed by atoms with Crippen LogP contribution in [0.1, 0.15) is 19.5 Å². The van der Waals surface area contributed by atoms with Gasteiger partial charge in [0.25, 0.3) is 0 Å². The lowest BCUT2D eigenvalue weighted by atomic mass is 10.1. The maximum Gasteiger partial charge on any atom is 0.145 e. The summed E-state index contributed by atoms with van der Waals surface area (Å²) in [5.41, 5.74) is 7.52.